The summed E-state index contributed by atoms with van der Waals surface area (Å²) >= 11 is 0.741. The van der Waals surface area contributed by atoms with Crippen molar-refractivity contribution in [2.75, 3.05) is 65.4 Å². The molecule has 15 atom stereocenters. The number of amides is 17. The van der Waals surface area contributed by atoms with Gasteiger partial charge in [-0.05, 0) is 98.2 Å². The van der Waals surface area contributed by atoms with Gasteiger partial charge in [-0.15, -0.1) is 11.8 Å². The van der Waals surface area contributed by atoms with Gasteiger partial charge in [0, 0.05) is 149 Å². The topological polar surface area (TPSA) is 685 Å². The van der Waals surface area contributed by atoms with Crippen LogP contribution in [0, 0.1) is 0 Å². The molecular formula is C93H120N24O21S. The van der Waals surface area contributed by atoms with Crippen LogP contribution < -0.4 is 76.1 Å². The molecule has 3 aliphatic rings. The van der Waals surface area contributed by atoms with E-state index in [0.717, 1.165) is 36.3 Å². The minimum atomic E-state index is -1.85. The van der Waals surface area contributed by atoms with Gasteiger partial charge in [0.1, 0.15) is 90.3 Å². The third-order valence-corrected chi connectivity index (χ3v) is 26.1. The zero-order valence-electron chi connectivity index (χ0n) is 77.4. The van der Waals surface area contributed by atoms with Crippen molar-refractivity contribution in [1.82, 2.24) is 103 Å². The summed E-state index contributed by atoms with van der Waals surface area (Å²) in [5.74, 6) is -19.5. The predicted molar refractivity (Wildman–Crippen MR) is 506 cm³/mol. The number of aliphatic hydroxyl groups excluding tert-OH is 1. The second-order valence-corrected chi connectivity index (χ2v) is 35.9. The van der Waals surface area contributed by atoms with Crippen LogP contribution in [0.25, 0.3) is 32.7 Å². The summed E-state index contributed by atoms with van der Waals surface area (Å²) in [4.78, 5) is 286. The molecule has 744 valence electrons. The Bertz CT molecular complexity index is 5810. The second kappa shape index (κ2) is 48.8. The number of thioether (sulfide) groups is 1. The number of aromatic nitrogens is 5. The number of nitrogens with two attached hydrogens (primary N) is 4. The van der Waals surface area contributed by atoms with Crippen molar-refractivity contribution < 1.29 is 102 Å². The van der Waals surface area contributed by atoms with Crippen LogP contribution in [-0.2, 0) is 118 Å². The van der Waals surface area contributed by atoms with Gasteiger partial charge in [0.25, 0.3) is 0 Å². The number of benzene rings is 4. The molecule has 17 amide bonds. The van der Waals surface area contributed by atoms with Gasteiger partial charge in [-0.1, -0.05) is 86.5 Å². The molecule has 0 radical (unpaired) electrons. The Labute approximate surface area is 802 Å². The average molecular weight is 1940 g/mol. The standard InChI is InChI=1S/C93H120N24O21S/c1-6-7-21-73-93(138)115(5)74(35-53-42-101-62-20-13-10-17-59(53)62)87(132)111-70(39-95)85(130)112-71(81(126)102-44-77(97)121)46-139-47-78(122)104-67(32-50-23-25-55(118)26-24-50)89(134)113(3)49(2)80(125)109-69(38-76(96)120)92(137)116-31-14-22-72(116)86(131)108-66(36-54-43-98-48-103-54)84(129)106-64(27-28-79(123)124)91(136)117-45-56(119)37-75(117)88(133)107-65(33-51-40-99-60-18-11-8-15-57(51)60)83(128)105-63(29-30-94)82(127)110-68(90(135)114(73)4)34-52-41-100-61-19-12-9-16-58(52)61/h8-13,15-20,23-26,40-43,48-49,56,63-75,99-101,118-119H,6-7,14,21-22,27-39,44-47,94-95H2,1-5H3,(H2,96,120)(H2,97,121)(H,98,103)(H,102,126)(H,104,122)(H,105,128)(H,106,129)(H,107,133)(H,108,131)(H,109,125)(H,110,127)(H,111,132)(H,112,130)(H,123,124)/t49-,56+,63-,64-,65-,66-,67-,68-,69+,70-,71-,72-,73-,74-,75-/m0/s1. The Morgan fingerprint density at radius 3 is 1.60 bits per heavy atom. The lowest BCUT2D eigenvalue weighted by Gasteiger charge is -2.36. The lowest BCUT2D eigenvalue weighted by atomic mass is 9.99. The third-order valence-electron chi connectivity index (χ3n) is 25.0. The molecule has 7 heterocycles. The van der Waals surface area contributed by atoms with Gasteiger partial charge in [-0.3, -0.25) is 86.3 Å². The maximum Gasteiger partial charge on any atom is 0.303 e. The first kappa shape index (κ1) is 105. The molecule has 46 heteroatoms. The van der Waals surface area contributed by atoms with Crippen molar-refractivity contribution >= 4 is 151 Å². The van der Waals surface area contributed by atoms with Crippen LogP contribution in [0.2, 0.25) is 0 Å². The van der Waals surface area contributed by atoms with Gasteiger partial charge in [-0.25, -0.2) is 4.98 Å². The molecule has 4 aromatic carbocycles. The number of imidazole rings is 1. The summed E-state index contributed by atoms with van der Waals surface area (Å²) in [6, 6.07) is 3.81. The monoisotopic (exact) mass is 1940 g/mol. The SMILES string of the molecule is CCCC[C@H]1C(=O)N(C)[C@@H](Cc2c[nH]c3ccccc23)C(=O)N[C@@H](CN)C(=O)N[C@H](C(=O)NCC(N)=O)CSCC(=O)N[C@@H](Cc2ccc(O)cc2)C(=O)N(C)[C@@H](C)C(=O)N[C@H](CC(N)=O)C(=O)N2CCC[C@H]2C(=O)N[C@@H](Cc2c[nH]cn2)C(=O)N[C@@H](CCC(=O)O)C(=O)N2C[C@H](O)C[C@H]2C(=O)N[C@@H](Cc2c[nH]c3ccccc23)C(=O)N[C@@H](CCN)C(=O)N[C@@H](Cc2c[nH]c3ccccc23)C(=O)N1C. The molecular weight excluding hydrogens is 1820 g/mol. The van der Waals surface area contributed by atoms with Gasteiger partial charge >= 0.3 is 5.97 Å². The first-order chi connectivity index (χ1) is 66.4. The number of carboxylic acid groups (broad SMARTS) is 1. The average Bonchev–Trinajstić information content (AvgIpc) is 1.61. The molecule has 45 nitrogen and oxygen atoms in total. The number of aliphatic hydroxyl groups is 1. The van der Waals surface area contributed by atoms with Crippen LogP contribution in [-0.4, -0.2) is 327 Å². The van der Waals surface area contributed by atoms with E-state index in [2.05, 4.69) is 78.1 Å². The Kier molecular flexibility index (Phi) is 36.7. The van der Waals surface area contributed by atoms with Gasteiger partial charge in [0.2, 0.25) is 100 Å². The van der Waals surface area contributed by atoms with E-state index in [9.17, 15) is 63.3 Å². The third kappa shape index (κ3) is 27.4. The van der Waals surface area contributed by atoms with E-state index in [4.69, 9.17) is 22.9 Å². The molecule has 3 saturated heterocycles. The molecule has 8 aromatic rings. The van der Waals surface area contributed by atoms with Crippen LogP contribution in [0.3, 0.4) is 0 Å². The summed E-state index contributed by atoms with van der Waals surface area (Å²) < 4.78 is 0. The number of fused-ring (bicyclic) bond motifs is 5. The number of unbranched alkanes of at least 4 members (excludes halogenated alkanes) is 1. The van der Waals surface area contributed by atoms with Gasteiger partial charge in [0.05, 0.1) is 36.8 Å². The van der Waals surface area contributed by atoms with Crippen LogP contribution in [0.4, 0.5) is 0 Å². The number of phenolic OH excluding ortho intramolecular Hbond substituents is 1. The minimum absolute atomic E-state index is 0.0388. The Hall–Kier alpha value is -14.8. The second-order valence-electron chi connectivity index (χ2n) is 34.8. The summed E-state index contributed by atoms with van der Waals surface area (Å²) in [5, 5.41) is 59.9. The van der Waals surface area contributed by atoms with Crippen LogP contribution >= 0.6 is 11.8 Å². The fourth-order valence-electron chi connectivity index (χ4n) is 17.3. The Morgan fingerprint density at radius 1 is 0.511 bits per heavy atom. The van der Waals surface area contributed by atoms with Crippen molar-refractivity contribution in [3.8, 4) is 5.75 Å². The largest absolute Gasteiger partial charge is 0.508 e. The summed E-state index contributed by atoms with van der Waals surface area (Å²) in [6.45, 7) is 0.664. The van der Waals surface area contributed by atoms with Crippen molar-refractivity contribution in [3.05, 3.63) is 156 Å². The van der Waals surface area contributed by atoms with Crippen molar-refractivity contribution in [2.45, 2.75) is 201 Å². The maximum atomic E-state index is 16.0. The highest BCUT2D eigenvalue weighted by molar-refractivity contribution is 8.00. The highest BCUT2D eigenvalue weighted by Crippen LogP contribution is 2.29. The first-order valence-electron chi connectivity index (χ1n) is 45.7. The quantitative estimate of drug-likeness (QED) is 0.0279. The molecule has 3 fully saturated rings. The predicted octanol–water partition coefficient (Wildman–Crippen LogP) is -3.52. The number of hydrogen-bond donors (Lipinski definition) is 21. The molecule has 4 aromatic heterocycles. The number of phenols is 1. The molecule has 3 aliphatic heterocycles. The van der Waals surface area contributed by atoms with Gasteiger partial charge < -0.3 is 136 Å². The van der Waals surface area contributed by atoms with E-state index in [0.29, 0.717) is 67.8 Å². The number of hydrogen-bond acceptors (Lipinski definition) is 24. The number of likely N-dealkylation sites (N-methyl/N-ethyl adjacent to an activating group) is 3. The van der Waals surface area contributed by atoms with Gasteiger partial charge in [0.15, 0.2) is 0 Å². The molecule has 0 spiro atoms. The smallest absolute Gasteiger partial charge is 0.303 e. The number of H-pyrrole nitrogens is 4. The molecule has 11 rings (SSSR count). The summed E-state index contributed by atoms with van der Waals surface area (Å²) in [6.07, 6.45) is 2.16. The number of aromatic amines is 4. The number of nitrogens with one attached hydrogen (secondary N) is 14. The Balaban J connectivity index is 0.964. The number of carboxylic acids is 1. The lowest BCUT2D eigenvalue weighted by molar-refractivity contribution is -0.149. The van der Waals surface area contributed by atoms with E-state index in [1.807, 2.05) is 6.92 Å². The van der Waals surface area contributed by atoms with E-state index in [1.54, 1.807) is 91.4 Å². The molecule has 0 saturated carbocycles. The normalized spacial score (nSPS) is 24.4. The van der Waals surface area contributed by atoms with Crippen LogP contribution in [0.1, 0.15) is 106 Å². The zero-order valence-corrected chi connectivity index (χ0v) is 78.2. The Morgan fingerprint density at radius 2 is 1.03 bits per heavy atom. The minimum Gasteiger partial charge on any atom is -0.508 e. The van der Waals surface area contributed by atoms with Crippen molar-refractivity contribution in [2.24, 2.45) is 22.9 Å². The van der Waals surface area contributed by atoms with Gasteiger partial charge in [-0.2, -0.15) is 0 Å². The zero-order chi connectivity index (χ0) is 101. The summed E-state index contributed by atoms with van der Waals surface area (Å²) in [7, 11) is 3.87. The number of rotatable bonds is 24. The van der Waals surface area contributed by atoms with Crippen molar-refractivity contribution in [1.29, 1.82) is 0 Å². The van der Waals surface area contributed by atoms with Crippen molar-refractivity contribution in [3.63, 3.8) is 0 Å². The molecule has 0 aliphatic carbocycles. The van der Waals surface area contributed by atoms with Crippen LogP contribution in [0.15, 0.2) is 128 Å². The highest BCUT2D eigenvalue weighted by atomic mass is 32.2. The number of carbonyl (C=O) groups excluding carboxylic acids is 17. The molecule has 25 N–H and O–H groups in total. The molecule has 0 bridgehead atoms. The van der Waals surface area contributed by atoms with E-state index < -0.39 is 260 Å². The van der Waals surface area contributed by atoms with E-state index in [-0.39, 0.29) is 75.9 Å². The number of carbonyl (C=O) groups is 18. The summed E-state index contributed by atoms with van der Waals surface area (Å²) in [5.41, 5.74) is 27.7. The lowest BCUT2D eigenvalue weighted by Crippen LogP contribution is -2.62. The first-order valence-corrected chi connectivity index (χ1v) is 46.9. The number of aromatic hydroxyl groups is 1. The van der Waals surface area contributed by atoms with Crippen LogP contribution in [0.5, 0.6) is 5.75 Å². The van der Waals surface area contributed by atoms with E-state index >= 15 is 38.4 Å². The highest BCUT2D eigenvalue weighted by Gasteiger charge is 2.47. The number of primary amides is 2. The number of nitrogens with zero attached hydrogens (tertiary/aromatic N) is 6. The number of aliphatic carboxylic acids is 1. The molecule has 0 unspecified atom stereocenters. The fraction of sp³-hybridized carbons (Fsp3) is 0.452. The fourth-order valence-corrected chi connectivity index (χ4v) is 18.2. The van der Waals surface area contributed by atoms with E-state index in [1.165, 1.54) is 64.9 Å². The maximum absolute atomic E-state index is 16.0. The number of para-hydroxylation sites is 3. The molecule has 139 heavy (non-hydrogen) atoms.